The van der Waals surface area contributed by atoms with Gasteiger partial charge in [0.25, 0.3) is 15.8 Å². The second-order valence-corrected chi connectivity index (χ2v) is 34.4. The van der Waals surface area contributed by atoms with Crippen LogP contribution in [0.5, 0.6) is 5.75 Å². The number of carbonyl (C=O) groups excluding carboxylic acids is 2. The van der Waals surface area contributed by atoms with Crippen LogP contribution in [0.3, 0.4) is 0 Å². The lowest BCUT2D eigenvalue weighted by Crippen LogP contribution is -2.32. The minimum absolute atomic E-state index is 0.0116. The number of aldehydes is 1. The van der Waals surface area contributed by atoms with Crippen molar-refractivity contribution in [1.29, 1.82) is 5.26 Å². The second-order valence-electron chi connectivity index (χ2n) is 30.4. The van der Waals surface area contributed by atoms with Crippen LogP contribution in [0, 0.1) is 188 Å². The van der Waals surface area contributed by atoms with Crippen molar-refractivity contribution in [2.24, 2.45) is 5.73 Å². The molecule has 12 aromatic carbocycles. The van der Waals surface area contributed by atoms with E-state index in [1.807, 2.05) is 206 Å². The van der Waals surface area contributed by atoms with E-state index in [2.05, 4.69) is 98.1 Å². The number of phenols is 1. The number of nitriles is 1. The quantitative estimate of drug-likeness (QED) is 0.0104. The number of amides is 1. The van der Waals surface area contributed by atoms with Crippen molar-refractivity contribution in [3.63, 3.8) is 0 Å². The van der Waals surface area contributed by atoms with Gasteiger partial charge in [0.15, 0.2) is 0 Å². The average molecular weight is 1760 g/mol. The fraction of sp³-hybridized carbons (Fsp3) is 0.240. The molecule has 124 heavy (non-hydrogen) atoms. The highest BCUT2D eigenvalue weighted by Crippen LogP contribution is 2.35. The summed E-state index contributed by atoms with van der Waals surface area (Å²) >= 11 is 4.27. The molecule has 12 rings (SSSR count). The molecule has 12 aromatic rings. The highest BCUT2D eigenvalue weighted by atomic mass is 32.2. The molecule has 0 saturated carbocycles. The van der Waals surface area contributed by atoms with Crippen molar-refractivity contribution in [1.82, 2.24) is 0 Å². The molecule has 0 aromatic heterocycles. The van der Waals surface area contributed by atoms with Gasteiger partial charge in [-0.3, -0.25) is 28.8 Å². The molecule has 0 bridgehead atoms. The molecule has 1 atom stereocenters. The van der Waals surface area contributed by atoms with Crippen LogP contribution in [-0.4, -0.2) is 73.2 Å². The van der Waals surface area contributed by atoms with Crippen molar-refractivity contribution in [2.75, 3.05) is 5.73 Å². The first kappa shape index (κ1) is 111. The number of phenolic OH excluding ortho intramolecular Hbond substituents is 1. The highest BCUT2D eigenvalue weighted by Gasteiger charge is 2.20. The molecule has 0 heterocycles. The van der Waals surface area contributed by atoms with Crippen LogP contribution in [0.25, 0.3) is 0 Å². The summed E-state index contributed by atoms with van der Waals surface area (Å²) in [6.45, 7) is 45.8. The van der Waals surface area contributed by atoms with Gasteiger partial charge in [0.05, 0.1) is 32.3 Å². The van der Waals surface area contributed by atoms with Crippen molar-refractivity contribution in [3.05, 3.63) is 384 Å². The van der Waals surface area contributed by atoms with Crippen LogP contribution >= 0.6 is 29.5 Å². The minimum atomic E-state index is -4.08. The van der Waals surface area contributed by atoms with E-state index in [-0.39, 0.29) is 26.7 Å². The van der Waals surface area contributed by atoms with Gasteiger partial charge in [-0.1, -0.05) is 202 Å². The number of aromatic carboxylic acids is 1. The Morgan fingerprint density at radius 3 is 1.17 bits per heavy atom. The maximum absolute atomic E-state index is 10.9. The zero-order chi connectivity index (χ0) is 95.0. The van der Waals surface area contributed by atoms with Crippen LogP contribution in [0.2, 0.25) is 0 Å². The summed E-state index contributed by atoms with van der Waals surface area (Å²) in [6.07, 6.45) is 0.891. The Kier molecular flexibility index (Phi) is 48.4. The van der Waals surface area contributed by atoms with Crippen LogP contribution in [0.4, 0.5) is 11.4 Å². The van der Waals surface area contributed by atoms with Gasteiger partial charge < -0.3 is 41.5 Å². The largest absolute Gasteiger partial charge is 0.508 e. The Morgan fingerprint density at radius 1 is 0.460 bits per heavy atom. The van der Waals surface area contributed by atoms with Gasteiger partial charge in [-0.2, -0.15) is 13.7 Å². The van der Waals surface area contributed by atoms with E-state index in [0.29, 0.717) is 39.0 Å². The van der Waals surface area contributed by atoms with Crippen molar-refractivity contribution in [2.45, 2.75) is 176 Å². The minimum Gasteiger partial charge on any atom is -0.508 e. The number of nitrogens with two attached hydrogens (primary N) is 2. The molecule has 11 N–H and O–H groups in total. The molecule has 1 amide bonds. The lowest BCUT2D eigenvalue weighted by molar-refractivity contribution is -0.385. The Bertz CT molecular complexity index is 5460. The standard InChI is InChI=1S/C9H11NO.C9H9N.C9H10O2.C9H10O.C8H11BO2.C8H9NO2.C8H11N.C8H11O3P.C8H10O3S.C8H10O.C8H11P.C8H10S/c1-6-3-4-7(2)8(5-6)9(10)11;1-7-3-4-8(2)9(5-7)6-10;1-6-3-4-7(2)8(5-6)9(10)11;1-7-3-4-8(2)9(5-7)6-10;2*1-6-3-4-7(2)8(5-6)9(10)11;1-6-3-4-7(2)8(9)5-6;2*1-6-3-4-7(2)8(5-6)12(9,10)11;3*1-6-3-4-7(2)8(9)5-6/h3-5H,1-2H3,(H2,10,11);3-5H,1-2H3;3-5H,1-2H3,(H,10,11);3-6H,1-2H3;3-5,10-11H,1-2H3;3-5H,1-2H3;3-5H,9H2,1-2H3;3-5H,1-2H3,(H2,9,10,11);3-5H,1-2H3,(H,9,10,11);3-5,9H,1-2H3;3-5H,9H2,1-2H3;3-5,9H,1-2H3. The number of aromatic hydroxyl groups is 1. The van der Waals surface area contributed by atoms with E-state index in [1.54, 1.807) is 96.1 Å². The topological polar surface area (TPSA) is 363 Å². The Balaban J connectivity index is 0.000000677. The van der Waals surface area contributed by atoms with Crippen molar-refractivity contribution < 1.29 is 66.9 Å². The predicted molar refractivity (Wildman–Crippen MR) is 517 cm³/mol. The average Bonchev–Trinajstić information content (AvgIpc) is 0.847. The van der Waals surface area contributed by atoms with Gasteiger partial charge in [0, 0.05) is 33.3 Å². The summed E-state index contributed by atoms with van der Waals surface area (Å²) in [4.78, 5) is 60.6. The number of anilines is 1. The molecule has 0 fully saturated rings. The monoisotopic (exact) mass is 1760 g/mol. The number of nitrogens with zero attached hydrogens (tertiary/aromatic N) is 2. The van der Waals surface area contributed by atoms with E-state index >= 15 is 0 Å². The van der Waals surface area contributed by atoms with E-state index < -0.39 is 30.8 Å². The third kappa shape index (κ3) is 42.6. The summed E-state index contributed by atoms with van der Waals surface area (Å²) in [6, 6.07) is 70.1. The molecular weight excluding hydrogens is 1630 g/mol. The molecule has 0 radical (unpaired) electrons. The number of nitro benzene ring substituents is 1. The van der Waals surface area contributed by atoms with Crippen LogP contribution in [0.1, 0.15) is 170 Å². The molecule has 0 spiro atoms. The zero-order valence-corrected chi connectivity index (χ0v) is 79.5. The van der Waals surface area contributed by atoms with Crippen molar-refractivity contribution >= 4 is 92.3 Å². The van der Waals surface area contributed by atoms with Gasteiger partial charge in [0.2, 0.25) is 5.91 Å². The van der Waals surface area contributed by atoms with E-state index in [0.717, 1.165) is 117 Å². The number of carboxylic acid groups (broad SMARTS) is 1. The summed E-state index contributed by atoms with van der Waals surface area (Å²) in [7, 11) is -6.77. The number of primary amides is 1. The third-order valence-corrected chi connectivity index (χ3v) is 21.7. The van der Waals surface area contributed by atoms with Gasteiger partial charge in [-0.15, -0.1) is 21.9 Å². The first-order valence-electron chi connectivity index (χ1n) is 39.2. The Labute approximate surface area is 743 Å². The van der Waals surface area contributed by atoms with E-state index in [1.165, 1.54) is 45.3 Å². The number of rotatable bonds is 7. The fourth-order valence-electron chi connectivity index (χ4n) is 10.6. The van der Waals surface area contributed by atoms with Gasteiger partial charge in [-0.25, -0.2) is 4.79 Å². The predicted octanol–water partition coefficient (Wildman–Crippen LogP) is 20.8. The Morgan fingerprint density at radius 2 is 0.823 bits per heavy atom. The Hall–Kier alpha value is -11.4. The first-order chi connectivity index (χ1) is 57.5. The number of benzene rings is 12. The van der Waals surface area contributed by atoms with Crippen LogP contribution < -0.4 is 27.5 Å². The smallest absolute Gasteiger partial charge is 0.488 e. The number of hydrogen-bond donors (Lipinski definition) is 10. The number of aryl methyl sites for hydroxylation is 24. The highest BCUT2D eigenvalue weighted by molar-refractivity contribution is 7.85. The van der Waals surface area contributed by atoms with Gasteiger partial charge in [-0.05, 0) is 315 Å². The SMILES string of the molecule is Cc1ccc(C)c(B(O)O)c1.Cc1ccc(C)c(C#N)c1.Cc1ccc(C)c(C(=O)O)c1.Cc1ccc(C)c(C(N)=O)c1.Cc1ccc(C)c(C=O)c1.Cc1ccc(C)c(N)c1.Cc1ccc(C)c(O)c1.Cc1ccc(C)c(P(=O)(O)O)c1.Cc1ccc(C)c(P)c1.Cc1ccc(C)c(S(=O)(=O)O)c1.Cc1ccc(C)c(S)c1.Cc1ccc(C)c([N+](=O)[O-])c1. The molecule has 1 unspecified atom stereocenters. The molecule has 19 nitrogen and oxygen atoms in total. The number of nitro groups is 1. The van der Waals surface area contributed by atoms with Gasteiger partial charge >= 0.3 is 20.7 Å². The van der Waals surface area contributed by atoms with E-state index in [4.69, 9.17) is 51.3 Å². The summed E-state index contributed by atoms with van der Waals surface area (Å²) < 4.78 is 41.2. The van der Waals surface area contributed by atoms with Crippen LogP contribution in [-0.2, 0) is 14.7 Å². The maximum Gasteiger partial charge on any atom is 0.488 e. The third-order valence-electron chi connectivity index (χ3n) is 18.5. The number of nitrogen functional groups attached to an aromatic ring is 1. The number of carboxylic acids is 1. The number of thiol groups is 1. The van der Waals surface area contributed by atoms with Crippen LogP contribution in [0.15, 0.2) is 228 Å². The number of carbonyl (C=O) groups is 3. The lowest BCUT2D eigenvalue weighted by Gasteiger charge is -2.07. The van der Waals surface area contributed by atoms with E-state index in [9.17, 15) is 37.5 Å². The maximum atomic E-state index is 10.9. The molecule has 0 aliphatic carbocycles. The zero-order valence-electron chi connectivity index (χ0n) is 75.8. The summed E-state index contributed by atoms with van der Waals surface area (Å²) in [5, 5.41) is 56.0. The molecular formula is C100H123BN4O15P2S2. The molecule has 0 aliphatic heterocycles. The molecule has 0 aliphatic rings. The first-order valence-corrected chi connectivity index (χ1v) is 43.3. The molecule has 658 valence electrons. The molecule has 24 heteroatoms. The van der Waals surface area contributed by atoms with Crippen molar-refractivity contribution in [3.8, 4) is 11.8 Å². The summed E-state index contributed by atoms with van der Waals surface area (Å²) in [5.41, 5.74) is 39.2. The second kappa shape index (κ2) is 54.2. The van der Waals surface area contributed by atoms with Gasteiger partial charge in [0.1, 0.15) is 12.0 Å². The number of hydrogen-bond acceptors (Lipinski definition) is 14. The normalized spacial score (nSPS) is 9.95. The lowest BCUT2D eigenvalue weighted by atomic mass is 9.77. The molecule has 0 saturated heterocycles. The summed E-state index contributed by atoms with van der Waals surface area (Å²) in [5.74, 6) is -0.826. The fourth-order valence-corrected chi connectivity index (χ4v) is 13.0.